The van der Waals surface area contributed by atoms with E-state index in [2.05, 4.69) is 34.6 Å². The molecule has 0 spiro atoms. The first kappa shape index (κ1) is 42.7. The Morgan fingerprint density at radius 1 is 0.365 bits per heavy atom. The molecular formula is C40H72O12. The molecule has 0 aliphatic carbocycles. The molecule has 12 heteroatoms. The Kier molecular flexibility index (Phi) is 15.7. The molecule has 5 aliphatic rings. The van der Waals surface area contributed by atoms with Crippen LogP contribution in [0.25, 0.3) is 0 Å². The molecule has 0 saturated carbocycles. The highest BCUT2D eigenvalue weighted by molar-refractivity contribution is 4.91. The first-order chi connectivity index (χ1) is 25.1. The second-order valence-corrected chi connectivity index (χ2v) is 17.8. The fourth-order valence-corrected chi connectivity index (χ4v) is 7.32. The molecule has 0 bridgehead atoms. The first-order valence-corrected chi connectivity index (χ1v) is 20.1. The summed E-state index contributed by atoms with van der Waals surface area (Å²) in [5.41, 5.74) is -1.15. The molecule has 0 aromatic heterocycles. The lowest BCUT2D eigenvalue weighted by Gasteiger charge is -2.44. The van der Waals surface area contributed by atoms with Gasteiger partial charge in [-0.05, 0) is 32.1 Å². The van der Waals surface area contributed by atoms with Crippen molar-refractivity contribution in [2.24, 2.45) is 37.9 Å². The predicted molar refractivity (Wildman–Crippen MR) is 195 cm³/mol. The van der Waals surface area contributed by atoms with Gasteiger partial charge in [-0.2, -0.15) is 0 Å². The summed E-state index contributed by atoms with van der Waals surface area (Å²) >= 11 is 0. The monoisotopic (exact) mass is 745 g/mol. The normalized spacial score (nSPS) is 23.9. The molecule has 5 heterocycles. The van der Waals surface area contributed by atoms with E-state index >= 15 is 0 Å². The van der Waals surface area contributed by atoms with Gasteiger partial charge in [0.15, 0.2) is 0 Å². The Morgan fingerprint density at radius 3 is 0.769 bits per heavy atom. The van der Waals surface area contributed by atoms with Crippen molar-refractivity contribution in [3.8, 4) is 0 Å². The van der Waals surface area contributed by atoms with Gasteiger partial charge in [-0.1, -0.05) is 34.6 Å². The molecule has 52 heavy (non-hydrogen) atoms. The zero-order chi connectivity index (χ0) is 37.1. The van der Waals surface area contributed by atoms with Crippen LogP contribution >= 0.6 is 0 Å². The Morgan fingerprint density at radius 2 is 0.577 bits per heavy atom. The molecule has 5 rings (SSSR count). The van der Waals surface area contributed by atoms with Gasteiger partial charge in [-0.25, -0.2) is 0 Å². The summed E-state index contributed by atoms with van der Waals surface area (Å²) < 4.78 is 67.1. The van der Waals surface area contributed by atoms with Crippen LogP contribution in [0.15, 0.2) is 0 Å². The number of aliphatic hydroxyl groups excluding tert-OH is 1. The molecule has 0 unspecified atom stereocenters. The van der Waals surface area contributed by atoms with Crippen LogP contribution < -0.4 is 0 Å². The van der Waals surface area contributed by atoms with Crippen LogP contribution in [-0.4, -0.2) is 157 Å². The van der Waals surface area contributed by atoms with Crippen LogP contribution in [0.1, 0.15) is 66.7 Å². The van der Waals surface area contributed by atoms with Gasteiger partial charge < -0.3 is 57.2 Å². The summed E-state index contributed by atoms with van der Waals surface area (Å²) in [4.78, 5) is 0. The van der Waals surface area contributed by atoms with Crippen molar-refractivity contribution in [1.82, 2.24) is 0 Å². The average Bonchev–Trinajstić information content (AvgIpc) is 3.07. The summed E-state index contributed by atoms with van der Waals surface area (Å²) in [5, 5.41) is 11.0. The first-order valence-electron chi connectivity index (χ1n) is 20.1. The lowest BCUT2D eigenvalue weighted by Crippen LogP contribution is -2.51. The smallest absolute Gasteiger partial charge is 0.0637 e. The highest BCUT2D eigenvalue weighted by Crippen LogP contribution is 2.37. The molecule has 12 nitrogen and oxygen atoms in total. The largest absolute Gasteiger partial charge is 0.396 e. The van der Waals surface area contributed by atoms with Crippen molar-refractivity contribution in [3.63, 3.8) is 0 Å². The third kappa shape index (κ3) is 10.5. The minimum absolute atomic E-state index is 0.0314. The molecule has 0 atom stereocenters. The van der Waals surface area contributed by atoms with Crippen LogP contribution in [0.2, 0.25) is 0 Å². The summed E-state index contributed by atoms with van der Waals surface area (Å²) in [6.07, 6.45) is 4.96. The molecule has 5 fully saturated rings. The van der Waals surface area contributed by atoms with Crippen molar-refractivity contribution < 1.29 is 57.2 Å². The van der Waals surface area contributed by atoms with Gasteiger partial charge in [0, 0.05) is 27.1 Å². The van der Waals surface area contributed by atoms with E-state index in [0.717, 1.165) is 32.1 Å². The SMILES string of the molecule is CCC1(COCC(CO)(COCC2(CC)COC2)COCC(COCC2(CC)COC2)(COCC2(CC)COC2)COCC2(CC)COC2)COC1. The van der Waals surface area contributed by atoms with Crippen LogP contribution in [0.4, 0.5) is 0 Å². The van der Waals surface area contributed by atoms with Crippen LogP contribution in [0.5, 0.6) is 0 Å². The molecule has 0 aromatic carbocycles. The zero-order valence-corrected chi connectivity index (χ0v) is 33.2. The summed E-state index contributed by atoms with van der Waals surface area (Å²) in [7, 11) is 0. The van der Waals surface area contributed by atoms with Crippen LogP contribution in [0.3, 0.4) is 0 Å². The van der Waals surface area contributed by atoms with E-state index in [1.54, 1.807) is 0 Å². The fraction of sp³-hybridized carbons (Fsp3) is 1.00. The van der Waals surface area contributed by atoms with E-state index < -0.39 is 10.8 Å². The van der Waals surface area contributed by atoms with Crippen LogP contribution in [-0.2, 0) is 52.1 Å². The zero-order valence-electron chi connectivity index (χ0n) is 33.2. The van der Waals surface area contributed by atoms with Crippen LogP contribution in [0, 0.1) is 37.9 Å². The Hall–Kier alpha value is -0.480. The molecule has 304 valence electrons. The van der Waals surface area contributed by atoms with E-state index in [9.17, 15) is 5.11 Å². The van der Waals surface area contributed by atoms with Crippen molar-refractivity contribution >= 4 is 0 Å². The van der Waals surface area contributed by atoms with Gasteiger partial charge >= 0.3 is 0 Å². The summed E-state index contributed by atoms with van der Waals surface area (Å²) in [6, 6.07) is 0. The lowest BCUT2D eigenvalue weighted by molar-refractivity contribution is -0.202. The summed E-state index contributed by atoms with van der Waals surface area (Å²) in [5.74, 6) is 0. The number of hydrogen-bond acceptors (Lipinski definition) is 12. The molecule has 0 radical (unpaired) electrons. The number of rotatable bonds is 30. The van der Waals surface area contributed by atoms with Gasteiger partial charge in [-0.3, -0.25) is 0 Å². The second-order valence-electron chi connectivity index (χ2n) is 17.8. The Labute approximate surface area is 313 Å². The van der Waals surface area contributed by atoms with Crippen molar-refractivity contribution in [2.45, 2.75) is 66.7 Å². The second kappa shape index (κ2) is 19.1. The van der Waals surface area contributed by atoms with E-state index in [1.165, 1.54) is 0 Å². The number of aliphatic hydroxyl groups is 1. The van der Waals surface area contributed by atoms with Crippen molar-refractivity contribution in [3.05, 3.63) is 0 Å². The van der Waals surface area contributed by atoms with E-state index in [-0.39, 0.29) is 40.3 Å². The number of hydrogen-bond donors (Lipinski definition) is 1. The maximum Gasteiger partial charge on any atom is 0.0637 e. The minimum Gasteiger partial charge on any atom is -0.396 e. The van der Waals surface area contributed by atoms with Crippen molar-refractivity contribution in [1.29, 1.82) is 0 Å². The third-order valence-electron chi connectivity index (χ3n) is 13.1. The van der Waals surface area contributed by atoms with E-state index in [4.69, 9.17) is 52.1 Å². The van der Waals surface area contributed by atoms with E-state index in [1.807, 2.05) is 0 Å². The molecule has 5 saturated heterocycles. The maximum absolute atomic E-state index is 11.0. The fourth-order valence-electron chi connectivity index (χ4n) is 7.32. The Balaban J connectivity index is 1.29. The van der Waals surface area contributed by atoms with E-state index in [0.29, 0.717) is 139 Å². The van der Waals surface area contributed by atoms with Gasteiger partial charge in [0.2, 0.25) is 0 Å². The molecule has 0 aromatic rings. The summed E-state index contributed by atoms with van der Waals surface area (Å²) in [6.45, 7) is 23.3. The topological polar surface area (TPSA) is 122 Å². The number of ether oxygens (including phenoxy) is 11. The van der Waals surface area contributed by atoms with Gasteiger partial charge in [0.05, 0.1) is 163 Å². The third-order valence-corrected chi connectivity index (χ3v) is 13.1. The standard InChI is InChI=1S/C40H72O12/c1-6-34(12-42-13-34)22-47-27-39(11-41,28-48-23-35(7-2)14-43-15-35)29-52-33-40(30-49-24-36(8-3)16-44-17-36,31-50-25-37(9-4)18-45-19-37)32-51-26-38(10-5)20-46-21-38/h41H,6-33H2,1-5H3. The molecule has 5 aliphatic heterocycles. The highest BCUT2D eigenvalue weighted by Gasteiger charge is 2.45. The van der Waals surface area contributed by atoms with Crippen molar-refractivity contribution in [2.75, 3.05) is 152 Å². The predicted octanol–water partition coefficient (Wildman–Crippen LogP) is 4.18. The van der Waals surface area contributed by atoms with Gasteiger partial charge in [-0.15, -0.1) is 0 Å². The van der Waals surface area contributed by atoms with Gasteiger partial charge in [0.25, 0.3) is 0 Å². The lowest BCUT2D eigenvalue weighted by atomic mass is 9.83. The highest BCUT2D eigenvalue weighted by atomic mass is 16.6. The average molecular weight is 745 g/mol. The molecule has 0 amide bonds. The quantitative estimate of drug-likeness (QED) is 0.114. The minimum atomic E-state index is -0.756. The molecule has 1 N–H and O–H groups in total. The maximum atomic E-state index is 11.0. The Bertz CT molecular complexity index is 909. The molecular weight excluding hydrogens is 672 g/mol. The van der Waals surface area contributed by atoms with Gasteiger partial charge in [0.1, 0.15) is 0 Å².